The van der Waals surface area contributed by atoms with Gasteiger partial charge in [-0.15, -0.1) is 0 Å². The standard InChI is InChI=1S/C10H19N3O4/c1-6(14)7(11)8(15)13-4-2-3-10(12,5-13)9(16)17/h6-7,14H,2-5,11-12H2,1H3,(H,16,17)/t6-,7+,10-/m1/s1. The number of carboxylic acids is 1. The Morgan fingerprint density at radius 1 is 1.47 bits per heavy atom. The highest BCUT2D eigenvalue weighted by atomic mass is 16.4. The lowest BCUT2D eigenvalue weighted by atomic mass is 9.90. The van der Waals surface area contributed by atoms with E-state index in [4.69, 9.17) is 16.6 Å². The maximum Gasteiger partial charge on any atom is 0.325 e. The Hall–Kier alpha value is -1.18. The third-order valence-corrected chi connectivity index (χ3v) is 3.07. The van der Waals surface area contributed by atoms with Crippen LogP contribution in [0.1, 0.15) is 19.8 Å². The summed E-state index contributed by atoms with van der Waals surface area (Å²) in [5.74, 6) is -1.59. The lowest BCUT2D eigenvalue weighted by Crippen LogP contribution is -2.62. The molecule has 1 amide bonds. The van der Waals surface area contributed by atoms with Gasteiger partial charge in [-0.25, -0.2) is 0 Å². The van der Waals surface area contributed by atoms with Crippen LogP contribution in [0.25, 0.3) is 0 Å². The van der Waals surface area contributed by atoms with Gasteiger partial charge in [0.05, 0.1) is 6.10 Å². The fraction of sp³-hybridized carbons (Fsp3) is 0.800. The molecular formula is C10H19N3O4. The first-order valence-corrected chi connectivity index (χ1v) is 5.52. The van der Waals surface area contributed by atoms with Crippen molar-refractivity contribution in [3.63, 3.8) is 0 Å². The van der Waals surface area contributed by atoms with E-state index in [0.717, 1.165) is 0 Å². The molecule has 1 heterocycles. The molecular weight excluding hydrogens is 226 g/mol. The summed E-state index contributed by atoms with van der Waals surface area (Å²) in [6.07, 6.45) is -0.127. The first-order valence-electron chi connectivity index (χ1n) is 5.52. The van der Waals surface area contributed by atoms with Crippen LogP contribution in [0.3, 0.4) is 0 Å². The van der Waals surface area contributed by atoms with Gasteiger partial charge in [0, 0.05) is 13.1 Å². The number of aliphatic carboxylic acids is 1. The van der Waals surface area contributed by atoms with E-state index in [9.17, 15) is 14.7 Å². The van der Waals surface area contributed by atoms with Crippen LogP contribution in [-0.2, 0) is 9.59 Å². The summed E-state index contributed by atoms with van der Waals surface area (Å²) >= 11 is 0. The molecule has 3 atom stereocenters. The van der Waals surface area contributed by atoms with Crippen molar-refractivity contribution < 1.29 is 19.8 Å². The minimum Gasteiger partial charge on any atom is -0.480 e. The van der Waals surface area contributed by atoms with Crippen molar-refractivity contribution in [1.82, 2.24) is 4.90 Å². The van der Waals surface area contributed by atoms with Crippen LogP contribution in [0.5, 0.6) is 0 Å². The Bertz CT molecular complexity index is 321. The molecule has 1 rings (SSSR count). The molecule has 1 aliphatic heterocycles. The second-order valence-electron chi connectivity index (χ2n) is 4.59. The van der Waals surface area contributed by atoms with E-state index in [0.29, 0.717) is 19.4 Å². The van der Waals surface area contributed by atoms with E-state index in [2.05, 4.69) is 0 Å². The zero-order valence-electron chi connectivity index (χ0n) is 9.80. The van der Waals surface area contributed by atoms with E-state index in [-0.39, 0.29) is 6.54 Å². The van der Waals surface area contributed by atoms with Gasteiger partial charge >= 0.3 is 5.97 Å². The monoisotopic (exact) mass is 245 g/mol. The summed E-state index contributed by atoms with van der Waals surface area (Å²) in [5, 5.41) is 18.2. The number of nitrogens with zero attached hydrogens (tertiary/aromatic N) is 1. The predicted molar refractivity (Wildman–Crippen MR) is 60.0 cm³/mol. The Labute approximate surface area is 99.4 Å². The molecule has 0 aromatic heterocycles. The van der Waals surface area contributed by atoms with Crippen LogP contribution < -0.4 is 11.5 Å². The van der Waals surface area contributed by atoms with Gasteiger partial charge in [0.15, 0.2) is 0 Å². The third-order valence-electron chi connectivity index (χ3n) is 3.07. The van der Waals surface area contributed by atoms with Gasteiger partial charge in [0.1, 0.15) is 11.6 Å². The van der Waals surface area contributed by atoms with Crippen LogP contribution in [0.15, 0.2) is 0 Å². The molecule has 0 aromatic carbocycles. The smallest absolute Gasteiger partial charge is 0.325 e. The molecule has 1 fully saturated rings. The third kappa shape index (κ3) is 2.93. The second-order valence-corrected chi connectivity index (χ2v) is 4.59. The molecule has 1 saturated heterocycles. The number of carbonyl (C=O) groups is 2. The summed E-state index contributed by atoms with van der Waals surface area (Å²) in [7, 11) is 0. The van der Waals surface area contributed by atoms with Crippen molar-refractivity contribution in [2.45, 2.75) is 37.5 Å². The molecule has 7 nitrogen and oxygen atoms in total. The van der Waals surface area contributed by atoms with Gasteiger partial charge in [-0.3, -0.25) is 9.59 Å². The summed E-state index contributed by atoms with van der Waals surface area (Å²) in [4.78, 5) is 24.2. The van der Waals surface area contributed by atoms with Gasteiger partial charge in [-0.05, 0) is 19.8 Å². The molecule has 0 unspecified atom stereocenters. The SMILES string of the molecule is C[C@@H](O)[C@H](N)C(=O)N1CCC[C@](N)(C(=O)O)C1. The number of rotatable bonds is 3. The number of hydrogen-bond donors (Lipinski definition) is 4. The molecule has 6 N–H and O–H groups in total. The zero-order valence-corrected chi connectivity index (χ0v) is 9.80. The number of carbonyl (C=O) groups excluding carboxylic acids is 1. The minimum atomic E-state index is -1.41. The first-order chi connectivity index (χ1) is 7.78. The normalized spacial score (nSPS) is 28.6. The van der Waals surface area contributed by atoms with Gasteiger partial charge in [0.25, 0.3) is 0 Å². The molecule has 0 spiro atoms. The van der Waals surface area contributed by atoms with Crippen LogP contribution >= 0.6 is 0 Å². The number of piperidine rings is 1. The summed E-state index contributed by atoms with van der Waals surface area (Å²) in [6, 6.07) is -1.04. The maximum atomic E-state index is 11.8. The Morgan fingerprint density at radius 3 is 2.53 bits per heavy atom. The van der Waals surface area contributed by atoms with E-state index < -0.39 is 29.6 Å². The quantitative estimate of drug-likeness (QED) is 0.459. The highest BCUT2D eigenvalue weighted by molar-refractivity contribution is 5.85. The van der Waals surface area contributed by atoms with Crippen molar-refractivity contribution in [2.75, 3.05) is 13.1 Å². The number of aliphatic hydroxyl groups is 1. The number of carboxylic acid groups (broad SMARTS) is 1. The first kappa shape index (κ1) is 13.9. The van der Waals surface area contributed by atoms with Crippen molar-refractivity contribution in [1.29, 1.82) is 0 Å². The van der Waals surface area contributed by atoms with Crippen LogP contribution in [0.4, 0.5) is 0 Å². The summed E-state index contributed by atoms with van der Waals surface area (Å²) < 4.78 is 0. The topological polar surface area (TPSA) is 130 Å². The second kappa shape index (κ2) is 4.99. The lowest BCUT2D eigenvalue weighted by Gasteiger charge is -2.38. The van der Waals surface area contributed by atoms with E-state index in [1.54, 1.807) is 0 Å². The largest absolute Gasteiger partial charge is 0.480 e. The van der Waals surface area contributed by atoms with Crippen LogP contribution in [0.2, 0.25) is 0 Å². The zero-order chi connectivity index (χ0) is 13.2. The van der Waals surface area contributed by atoms with E-state index in [1.165, 1.54) is 11.8 Å². The number of likely N-dealkylation sites (tertiary alicyclic amines) is 1. The number of aliphatic hydroxyl groups excluding tert-OH is 1. The number of hydrogen-bond acceptors (Lipinski definition) is 5. The van der Waals surface area contributed by atoms with Crippen molar-refractivity contribution in [2.24, 2.45) is 11.5 Å². The van der Waals surface area contributed by atoms with Gasteiger partial charge in [-0.1, -0.05) is 0 Å². The number of nitrogens with two attached hydrogens (primary N) is 2. The number of amides is 1. The van der Waals surface area contributed by atoms with Crippen molar-refractivity contribution >= 4 is 11.9 Å². The van der Waals surface area contributed by atoms with Crippen molar-refractivity contribution in [3.8, 4) is 0 Å². The van der Waals surface area contributed by atoms with E-state index >= 15 is 0 Å². The molecule has 7 heteroatoms. The highest BCUT2D eigenvalue weighted by Crippen LogP contribution is 2.19. The fourth-order valence-corrected chi connectivity index (χ4v) is 1.86. The predicted octanol–water partition coefficient (Wildman–Crippen LogP) is -1.90. The Balaban J connectivity index is 2.73. The average molecular weight is 245 g/mol. The van der Waals surface area contributed by atoms with Crippen molar-refractivity contribution in [3.05, 3.63) is 0 Å². The fourth-order valence-electron chi connectivity index (χ4n) is 1.86. The highest BCUT2D eigenvalue weighted by Gasteiger charge is 2.41. The van der Waals surface area contributed by atoms with Gasteiger partial charge in [-0.2, -0.15) is 0 Å². The Kier molecular flexibility index (Phi) is 4.07. The molecule has 0 bridgehead atoms. The molecule has 0 saturated carbocycles. The summed E-state index contributed by atoms with van der Waals surface area (Å²) in [5.41, 5.74) is 9.83. The maximum absolute atomic E-state index is 11.8. The van der Waals surface area contributed by atoms with Gasteiger partial charge in [0.2, 0.25) is 5.91 Å². The Morgan fingerprint density at radius 2 is 2.06 bits per heavy atom. The minimum absolute atomic E-state index is 0.0679. The molecule has 0 aliphatic carbocycles. The van der Waals surface area contributed by atoms with E-state index in [1.807, 2.05) is 0 Å². The molecule has 1 aliphatic rings. The van der Waals surface area contributed by atoms with Gasteiger partial charge < -0.3 is 26.6 Å². The summed E-state index contributed by atoms with van der Waals surface area (Å²) in [6.45, 7) is 1.77. The molecule has 0 radical (unpaired) electrons. The van der Waals surface area contributed by atoms with Crippen LogP contribution in [0, 0.1) is 0 Å². The average Bonchev–Trinajstić information content (AvgIpc) is 2.26. The van der Waals surface area contributed by atoms with Crippen LogP contribution in [-0.4, -0.2) is 57.8 Å². The lowest BCUT2D eigenvalue weighted by molar-refractivity contribution is -0.148. The molecule has 0 aromatic rings. The molecule has 17 heavy (non-hydrogen) atoms. The molecule has 98 valence electrons.